The van der Waals surface area contributed by atoms with Crippen LogP contribution in [0.5, 0.6) is 0 Å². The first-order valence-corrected chi connectivity index (χ1v) is 4.51. The van der Waals surface area contributed by atoms with Gasteiger partial charge >= 0.3 is 0 Å². The molecule has 1 nitrogen and oxygen atoms in total. The van der Waals surface area contributed by atoms with Crippen molar-refractivity contribution >= 4 is 17.4 Å². The molecule has 2 rings (SSSR count). The van der Waals surface area contributed by atoms with Gasteiger partial charge in [-0.15, -0.1) is 11.8 Å². The second-order valence-corrected chi connectivity index (χ2v) is 3.55. The first-order valence-electron chi connectivity index (χ1n) is 3.52. The Hall–Kier alpha value is -0.700. The van der Waals surface area contributed by atoms with Crippen LogP contribution in [0.25, 0.3) is 0 Å². The van der Waals surface area contributed by atoms with E-state index >= 15 is 0 Å². The minimum atomic E-state index is -0.168. The summed E-state index contributed by atoms with van der Waals surface area (Å²) in [5, 5.41) is 3.14. The van der Waals surface area contributed by atoms with E-state index in [1.807, 2.05) is 6.07 Å². The van der Waals surface area contributed by atoms with Gasteiger partial charge in [0, 0.05) is 17.2 Å². The molecule has 3 heteroatoms. The highest BCUT2D eigenvalue weighted by Crippen LogP contribution is 2.30. The van der Waals surface area contributed by atoms with Gasteiger partial charge in [0.25, 0.3) is 0 Å². The molecule has 0 saturated carbocycles. The lowest BCUT2D eigenvalue weighted by Crippen LogP contribution is -2.09. The average molecular weight is 169 g/mol. The quantitative estimate of drug-likeness (QED) is 0.639. The van der Waals surface area contributed by atoms with Gasteiger partial charge in [-0.1, -0.05) is 0 Å². The fourth-order valence-corrected chi connectivity index (χ4v) is 1.99. The summed E-state index contributed by atoms with van der Waals surface area (Å²) < 4.78 is 12.6. The van der Waals surface area contributed by atoms with E-state index in [1.165, 1.54) is 6.07 Å². The summed E-state index contributed by atoms with van der Waals surface area (Å²) in [5.41, 5.74) is 0.932. The molecule has 1 N–H and O–H groups in total. The van der Waals surface area contributed by atoms with E-state index in [0.29, 0.717) is 0 Å². The summed E-state index contributed by atoms with van der Waals surface area (Å²) in [6.07, 6.45) is 0. The van der Waals surface area contributed by atoms with Gasteiger partial charge in [-0.25, -0.2) is 4.39 Å². The molecule has 0 atom stereocenters. The zero-order valence-corrected chi connectivity index (χ0v) is 6.75. The largest absolute Gasteiger partial charge is 0.383 e. The van der Waals surface area contributed by atoms with Crippen LogP contribution in [0.2, 0.25) is 0 Å². The highest BCUT2D eigenvalue weighted by atomic mass is 32.2. The lowest BCUT2D eigenvalue weighted by Gasteiger charge is -2.16. The number of thioether (sulfide) groups is 1. The van der Waals surface area contributed by atoms with Crippen LogP contribution in [0.1, 0.15) is 0 Å². The number of fused-ring (bicyclic) bond motifs is 1. The molecule has 0 aliphatic carbocycles. The van der Waals surface area contributed by atoms with Crippen molar-refractivity contribution in [3.05, 3.63) is 24.0 Å². The lowest BCUT2D eigenvalue weighted by molar-refractivity contribution is 0.627. The van der Waals surface area contributed by atoms with Gasteiger partial charge in [0.1, 0.15) is 5.82 Å². The van der Waals surface area contributed by atoms with Crippen LogP contribution in [0, 0.1) is 5.82 Å². The topological polar surface area (TPSA) is 12.0 Å². The lowest BCUT2D eigenvalue weighted by atomic mass is 10.3. The first-order chi connectivity index (χ1) is 5.36. The zero-order chi connectivity index (χ0) is 7.68. The zero-order valence-electron chi connectivity index (χ0n) is 5.93. The molecule has 0 unspecified atom stereocenters. The van der Waals surface area contributed by atoms with E-state index in [0.717, 1.165) is 22.9 Å². The van der Waals surface area contributed by atoms with E-state index in [9.17, 15) is 4.39 Å². The standard InChI is InChI=1S/C8H8FNS/c9-6-1-2-8-7(5-6)10-3-4-11-8/h1-2,5,10H,3-4H2. The van der Waals surface area contributed by atoms with E-state index in [2.05, 4.69) is 5.32 Å². The minimum Gasteiger partial charge on any atom is -0.383 e. The number of rotatable bonds is 0. The predicted octanol–water partition coefficient (Wildman–Crippen LogP) is 2.34. The Labute approximate surface area is 69.0 Å². The van der Waals surface area contributed by atoms with E-state index in [1.54, 1.807) is 17.8 Å². The molecule has 1 aliphatic heterocycles. The fraction of sp³-hybridized carbons (Fsp3) is 0.250. The fourth-order valence-electron chi connectivity index (χ4n) is 1.11. The van der Waals surface area contributed by atoms with E-state index in [4.69, 9.17) is 0 Å². The molecular formula is C8H8FNS. The Bertz CT molecular complexity index is 275. The number of halogens is 1. The van der Waals surface area contributed by atoms with Crippen LogP contribution < -0.4 is 5.32 Å². The van der Waals surface area contributed by atoms with Gasteiger partial charge in [0.05, 0.1) is 5.69 Å². The molecular weight excluding hydrogens is 161 g/mol. The molecule has 1 aliphatic rings. The second-order valence-electron chi connectivity index (χ2n) is 2.42. The minimum absolute atomic E-state index is 0.168. The van der Waals surface area contributed by atoms with Crippen LogP contribution in [0.4, 0.5) is 10.1 Å². The van der Waals surface area contributed by atoms with Gasteiger partial charge in [-0.2, -0.15) is 0 Å². The summed E-state index contributed by atoms with van der Waals surface area (Å²) in [6, 6.07) is 4.86. The van der Waals surface area contributed by atoms with Crippen molar-refractivity contribution in [3.63, 3.8) is 0 Å². The summed E-state index contributed by atoms with van der Waals surface area (Å²) in [4.78, 5) is 1.15. The van der Waals surface area contributed by atoms with Crippen molar-refractivity contribution in [2.24, 2.45) is 0 Å². The van der Waals surface area contributed by atoms with Crippen molar-refractivity contribution < 1.29 is 4.39 Å². The van der Waals surface area contributed by atoms with Crippen molar-refractivity contribution in [2.45, 2.75) is 4.90 Å². The summed E-state index contributed by atoms with van der Waals surface area (Å²) >= 11 is 1.77. The van der Waals surface area contributed by atoms with Gasteiger partial charge in [0.2, 0.25) is 0 Å². The van der Waals surface area contributed by atoms with Crippen molar-refractivity contribution in [1.82, 2.24) is 0 Å². The number of benzene rings is 1. The van der Waals surface area contributed by atoms with Crippen molar-refractivity contribution in [2.75, 3.05) is 17.6 Å². The number of nitrogens with one attached hydrogen (secondary N) is 1. The summed E-state index contributed by atoms with van der Waals surface area (Å²) in [6.45, 7) is 0.932. The molecule has 0 spiro atoms. The molecule has 1 aromatic rings. The Morgan fingerprint density at radius 3 is 3.27 bits per heavy atom. The molecule has 11 heavy (non-hydrogen) atoms. The van der Waals surface area contributed by atoms with Crippen LogP contribution >= 0.6 is 11.8 Å². The third-order valence-corrected chi connectivity index (χ3v) is 2.69. The van der Waals surface area contributed by atoms with Crippen LogP contribution in [0.3, 0.4) is 0 Å². The Balaban J connectivity index is 2.43. The van der Waals surface area contributed by atoms with Gasteiger partial charge in [0.15, 0.2) is 0 Å². The first kappa shape index (κ1) is 6.98. The summed E-state index contributed by atoms with van der Waals surface area (Å²) in [7, 11) is 0. The van der Waals surface area contributed by atoms with E-state index in [-0.39, 0.29) is 5.82 Å². The molecule has 0 radical (unpaired) electrons. The van der Waals surface area contributed by atoms with Crippen LogP contribution in [0.15, 0.2) is 23.1 Å². The Morgan fingerprint density at radius 2 is 2.36 bits per heavy atom. The number of hydrogen-bond acceptors (Lipinski definition) is 2. The number of anilines is 1. The Kier molecular flexibility index (Phi) is 1.74. The summed E-state index contributed by atoms with van der Waals surface area (Å²) in [5.74, 6) is 0.900. The molecule has 0 bridgehead atoms. The van der Waals surface area contributed by atoms with Crippen LogP contribution in [-0.4, -0.2) is 12.3 Å². The molecule has 1 heterocycles. The SMILES string of the molecule is Fc1ccc2c(c1)NCCS2. The average Bonchev–Trinajstić information content (AvgIpc) is 2.04. The van der Waals surface area contributed by atoms with E-state index < -0.39 is 0 Å². The third-order valence-electron chi connectivity index (χ3n) is 1.62. The maximum Gasteiger partial charge on any atom is 0.125 e. The number of hydrogen-bond donors (Lipinski definition) is 1. The smallest absolute Gasteiger partial charge is 0.125 e. The predicted molar refractivity (Wildman–Crippen MR) is 45.6 cm³/mol. The molecule has 1 aromatic carbocycles. The van der Waals surface area contributed by atoms with Gasteiger partial charge < -0.3 is 5.32 Å². The van der Waals surface area contributed by atoms with Crippen LogP contribution in [-0.2, 0) is 0 Å². The monoisotopic (exact) mass is 169 g/mol. The maximum absolute atomic E-state index is 12.6. The van der Waals surface area contributed by atoms with Gasteiger partial charge in [-0.05, 0) is 18.2 Å². The molecule has 0 saturated heterocycles. The van der Waals surface area contributed by atoms with Crippen molar-refractivity contribution in [3.8, 4) is 0 Å². The highest BCUT2D eigenvalue weighted by molar-refractivity contribution is 7.99. The van der Waals surface area contributed by atoms with Crippen molar-refractivity contribution in [1.29, 1.82) is 0 Å². The molecule has 0 aromatic heterocycles. The highest BCUT2D eigenvalue weighted by Gasteiger charge is 2.08. The third kappa shape index (κ3) is 1.33. The normalized spacial score (nSPS) is 15.4. The molecule has 0 fully saturated rings. The van der Waals surface area contributed by atoms with Gasteiger partial charge in [-0.3, -0.25) is 0 Å². The maximum atomic E-state index is 12.6. The Morgan fingerprint density at radius 1 is 1.45 bits per heavy atom. The molecule has 58 valence electrons. The second kappa shape index (κ2) is 2.74. The molecule has 0 amide bonds.